The molecule has 0 amide bonds. The standard InChI is InChI=1S/C118H70N2/c1-4-23-71(24-5-1)106-68-84(65-85-61-81(49-50-90(85)106)93-56-58-104-113-91-35-12-10-25-72(91)45-53-102(113)108-67-80-26-11-13-36-92(80)115(93)118(104)108)76-30-21-28-74(60-76)73-27-20-29-75(59-73)77-48-54-101-107(66-77)94-37-14-15-40-100(94)116-103-42-22-41-99-89(55-57-105(114(99)103)117(101)116)86-63-82(78-46-51-97-95-38-16-18-43-109(95)119(111(97)69-78)87-31-6-2-7-32-87)62-83(64-86)79-47-52-98-96-39-17-19-44-110(96)120(112(98)70-79)88-33-8-3-9-34-88/h1-70H. The van der Waals surface area contributed by atoms with E-state index in [9.17, 15) is 0 Å². The van der Waals surface area contributed by atoms with E-state index in [2.05, 4.69) is 434 Å². The molecule has 2 heterocycles. The number of aromatic nitrogens is 2. The molecule has 0 saturated carbocycles. The van der Waals surface area contributed by atoms with Crippen LogP contribution in [0.4, 0.5) is 0 Å². The third-order valence-electron chi connectivity index (χ3n) is 26.5. The molecular weight excluding hydrogens is 1450 g/mol. The number of benzene rings is 22. The van der Waals surface area contributed by atoms with E-state index >= 15 is 0 Å². The highest BCUT2D eigenvalue weighted by atomic mass is 15.0. The third-order valence-corrected chi connectivity index (χ3v) is 26.5. The lowest BCUT2D eigenvalue weighted by atomic mass is 9.87. The van der Waals surface area contributed by atoms with Gasteiger partial charge >= 0.3 is 0 Å². The summed E-state index contributed by atoms with van der Waals surface area (Å²) in [5, 5.41) is 22.7. The summed E-state index contributed by atoms with van der Waals surface area (Å²) < 4.78 is 4.86. The monoisotopic (exact) mass is 1510 g/mol. The Kier molecular flexibility index (Phi) is 14.3. The van der Waals surface area contributed by atoms with Crippen molar-refractivity contribution in [2.45, 2.75) is 0 Å². The molecule has 0 fully saturated rings. The molecule has 552 valence electrons. The normalized spacial score (nSPS) is 12.2. The van der Waals surface area contributed by atoms with Gasteiger partial charge in [-0.2, -0.15) is 0 Å². The maximum Gasteiger partial charge on any atom is 0.0547 e. The van der Waals surface area contributed by atoms with Crippen molar-refractivity contribution in [2.24, 2.45) is 0 Å². The van der Waals surface area contributed by atoms with Crippen LogP contribution in [0.2, 0.25) is 0 Å². The molecule has 120 heavy (non-hydrogen) atoms. The van der Waals surface area contributed by atoms with Gasteiger partial charge in [-0.3, -0.25) is 0 Å². The first-order valence-electron chi connectivity index (χ1n) is 41.7. The topological polar surface area (TPSA) is 9.86 Å². The number of fused-ring (bicyclic) bond motifs is 22. The Morgan fingerprint density at radius 1 is 0.125 bits per heavy atom. The zero-order valence-electron chi connectivity index (χ0n) is 65.3. The molecule has 2 aliphatic carbocycles. The molecule has 0 bridgehead atoms. The fourth-order valence-electron chi connectivity index (χ4n) is 21.1. The van der Waals surface area contributed by atoms with Crippen molar-refractivity contribution in [1.29, 1.82) is 0 Å². The molecule has 2 heteroatoms. The van der Waals surface area contributed by atoms with Gasteiger partial charge < -0.3 is 9.13 Å². The van der Waals surface area contributed by atoms with Crippen molar-refractivity contribution in [2.75, 3.05) is 0 Å². The molecular formula is C118H70N2. The third kappa shape index (κ3) is 9.97. The van der Waals surface area contributed by atoms with Crippen LogP contribution >= 0.6 is 0 Å². The highest BCUT2D eigenvalue weighted by molar-refractivity contribution is 6.33. The van der Waals surface area contributed by atoms with Gasteiger partial charge in [0, 0.05) is 32.9 Å². The number of nitrogens with zero attached hydrogens (tertiary/aromatic N) is 2. The average Bonchev–Trinajstić information content (AvgIpc) is 1.54. The molecule has 0 spiro atoms. The van der Waals surface area contributed by atoms with Crippen LogP contribution in [-0.2, 0) is 0 Å². The fourth-order valence-corrected chi connectivity index (χ4v) is 21.1. The summed E-state index contributed by atoms with van der Waals surface area (Å²) >= 11 is 0. The summed E-state index contributed by atoms with van der Waals surface area (Å²) in [7, 11) is 0. The number of rotatable bonds is 10. The molecule has 22 aromatic carbocycles. The minimum atomic E-state index is 1.14. The maximum absolute atomic E-state index is 2.46. The maximum atomic E-state index is 2.46. The molecule has 24 aromatic rings. The van der Waals surface area contributed by atoms with Gasteiger partial charge in [0.05, 0.1) is 22.1 Å². The largest absolute Gasteiger partial charge is 0.309 e. The highest BCUT2D eigenvalue weighted by Crippen LogP contribution is 2.58. The molecule has 0 radical (unpaired) electrons. The molecule has 0 unspecified atom stereocenters. The van der Waals surface area contributed by atoms with Crippen LogP contribution in [0.1, 0.15) is 0 Å². The van der Waals surface area contributed by atoms with Gasteiger partial charge in [-0.25, -0.2) is 0 Å². The molecule has 0 N–H and O–H groups in total. The van der Waals surface area contributed by atoms with Gasteiger partial charge in [0.1, 0.15) is 0 Å². The van der Waals surface area contributed by atoms with Crippen molar-refractivity contribution < 1.29 is 0 Å². The minimum Gasteiger partial charge on any atom is -0.309 e. The Morgan fingerprint density at radius 3 is 1.20 bits per heavy atom. The molecule has 2 aliphatic rings. The van der Waals surface area contributed by atoms with E-state index in [1.165, 1.54) is 230 Å². The van der Waals surface area contributed by atoms with E-state index in [1.54, 1.807) is 0 Å². The average molecular weight is 1520 g/mol. The first-order valence-corrected chi connectivity index (χ1v) is 41.7. The summed E-state index contributed by atoms with van der Waals surface area (Å²) in [6, 6.07) is 160. The second kappa shape index (κ2) is 25.9. The smallest absolute Gasteiger partial charge is 0.0547 e. The molecule has 0 atom stereocenters. The van der Waals surface area contributed by atoms with Gasteiger partial charge in [-0.1, -0.05) is 315 Å². The number of para-hydroxylation sites is 4. The van der Waals surface area contributed by atoms with Crippen LogP contribution in [0.15, 0.2) is 425 Å². The Labute approximate surface area is 692 Å². The Morgan fingerprint density at radius 2 is 0.542 bits per heavy atom. The lowest BCUT2D eigenvalue weighted by Gasteiger charge is -2.16. The molecule has 2 aromatic heterocycles. The van der Waals surface area contributed by atoms with Crippen LogP contribution in [0.5, 0.6) is 0 Å². The second-order valence-electron chi connectivity index (χ2n) is 32.8. The van der Waals surface area contributed by atoms with Gasteiger partial charge in [0.2, 0.25) is 0 Å². The molecule has 2 nitrogen and oxygen atoms in total. The Bertz CT molecular complexity index is 8400. The van der Waals surface area contributed by atoms with Crippen LogP contribution in [-0.4, -0.2) is 9.13 Å². The number of hydrogen-bond acceptors (Lipinski definition) is 0. The van der Waals surface area contributed by atoms with Crippen molar-refractivity contribution in [3.63, 3.8) is 0 Å². The fraction of sp³-hybridized carbons (Fsp3) is 0. The van der Waals surface area contributed by atoms with Crippen molar-refractivity contribution in [1.82, 2.24) is 9.13 Å². The molecule has 0 aliphatic heterocycles. The Balaban J connectivity index is 0.585. The van der Waals surface area contributed by atoms with Gasteiger partial charge in [0.15, 0.2) is 0 Å². The van der Waals surface area contributed by atoms with Gasteiger partial charge in [0.25, 0.3) is 0 Å². The summed E-state index contributed by atoms with van der Waals surface area (Å²) in [6.07, 6.45) is 0. The number of hydrogen-bond donors (Lipinski definition) is 0. The second-order valence-corrected chi connectivity index (χ2v) is 32.8. The Hall–Kier alpha value is -15.7. The van der Waals surface area contributed by atoms with E-state index in [-0.39, 0.29) is 0 Å². The predicted octanol–water partition coefficient (Wildman–Crippen LogP) is 32.6. The quantitative estimate of drug-likeness (QED) is 0.121. The van der Waals surface area contributed by atoms with Gasteiger partial charge in [-0.05, 0) is 318 Å². The van der Waals surface area contributed by atoms with E-state index in [4.69, 9.17) is 0 Å². The van der Waals surface area contributed by atoms with E-state index in [0.29, 0.717) is 0 Å². The van der Waals surface area contributed by atoms with E-state index in [1.807, 2.05) is 0 Å². The minimum absolute atomic E-state index is 1.14. The summed E-state index contributed by atoms with van der Waals surface area (Å²) in [5.41, 5.74) is 36.4. The first kappa shape index (κ1) is 66.5. The SMILES string of the molecule is c1ccc(-c2cc(-c3cccc(-c4cccc(-c5ccc6c7c(c8ccccc8c6c5)-c5cccc6c(-c8cc(-c9ccc%10c%11ccccc%11n(-c%11ccccc%11)c%10c9)cc(-c9ccc%10c%11ccccc%11n(-c%11ccccc%11)c%10c9)c8)ccc-7c56)c4)c3)cc3cc(-c4ccc5c6c(cc7ccccc7c46)-c4ccc6ccccc6c4-5)ccc23)cc1. The van der Waals surface area contributed by atoms with Crippen molar-refractivity contribution in [3.05, 3.63) is 425 Å². The van der Waals surface area contributed by atoms with E-state index in [0.717, 1.165) is 33.6 Å². The van der Waals surface area contributed by atoms with Crippen molar-refractivity contribution in [3.8, 4) is 145 Å². The highest BCUT2D eigenvalue weighted by Gasteiger charge is 2.31. The summed E-state index contributed by atoms with van der Waals surface area (Å²) in [4.78, 5) is 0. The summed E-state index contributed by atoms with van der Waals surface area (Å²) in [6.45, 7) is 0. The van der Waals surface area contributed by atoms with Crippen LogP contribution < -0.4 is 0 Å². The van der Waals surface area contributed by atoms with E-state index < -0.39 is 0 Å². The van der Waals surface area contributed by atoms with Gasteiger partial charge in [-0.15, -0.1) is 0 Å². The summed E-state index contributed by atoms with van der Waals surface area (Å²) in [5.74, 6) is 0. The lowest BCUT2D eigenvalue weighted by Crippen LogP contribution is -1.94. The zero-order chi connectivity index (χ0) is 78.4. The molecule has 0 saturated heterocycles. The van der Waals surface area contributed by atoms with Crippen LogP contribution in [0.25, 0.3) is 264 Å². The van der Waals surface area contributed by atoms with Crippen LogP contribution in [0, 0.1) is 0 Å². The predicted molar refractivity (Wildman–Crippen MR) is 510 cm³/mol. The van der Waals surface area contributed by atoms with Crippen LogP contribution in [0.3, 0.4) is 0 Å². The molecule has 26 rings (SSSR count). The first-order chi connectivity index (χ1) is 59.5. The lowest BCUT2D eigenvalue weighted by molar-refractivity contribution is 1.18. The van der Waals surface area contributed by atoms with Crippen molar-refractivity contribution >= 4 is 119 Å². The zero-order valence-corrected chi connectivity index (χ0v) is 65.3.